The van der Waals surface area contributed by atoms with Crippen LogP contribution in [-0.4, -0.2) is 27.7 Å². The number of hydrogen-bond acceptors (Lipinski definition) is 4. The van der Waals surface area contributed by atoms with E-state index < -0.39 is 10.0 Å². The molecule has 0 radical (unpaired) electrons. The van der Waals surface area contributed by atoms with Gasteiger partial charge in [0.2, 0.25) is 10.0 Å². The molecule has 6 heteroatoms. The third-order valence-corrected chi connectivity index (χ3v) is 6.32. The Bertz CT molecular complexity index is 644. The van der Waals surface area contributed by atoms with E-state index in [1.807, 2.05) is 0 Å². The zero-order valence-electron chi connectivity index (χ0n) is 13.0. The Kier molecular flexibility index (Phi) is 4.32. The molecule has 1 N–H and O–H groups in total. The number of sulfonamides is 1. The third kappa shape index (κ3) is 3.08. The molecule has 2 aliphatic rings. The van der Waals surface area contributed by atoms with E-state index in [1.165, 1.54) is 6.42 Å². The van der Waals surface area contributed by atoms with Crippen molar-refractivity contribution in [1.82, 2.24) is 4.72 Å². The summed E-state index contributed by atoms with van der Waals surface area (Å²) in [6, 6.07) is 4.79. The highest BCUT2D eigenvalue weighted by Crippen LogP contribution is 2.34. The molecule has 0 aromatic heterocycles. The lowest BCUT2D eigenvalue weighted by Gasteiger charge is -2.34. The molecule has 0 bridgehead atoms. The summed E-state index contributed by atoms with van der Waals surface area (Å²) in [5.74, 6) is 1.99. The van der Waals surface area contributed by atoms with Gasteiger partial charge in [-0.25, -0.2) is 13.1 Å². The summed E-state index contributed by atoms with van der Waals surface area (Å²) in [6.45, 7) is 5.26. The fourth-order valence-electron chi connectivity index (χ4n) is 3.21. The van der Waals surface area contributed by atoms with Gasteiger partial charge in [-0.2, -0.15) is 0 Å². The van der Waals surface area contributed by atoms with Crippen LogP contribution in [0.5, 0.6) is 11.5 Å². The minimum Gasteiger partial charge on any atom is -0.486 e. The zero-order valence-corrected chi connectivity index (χ0v) is 13.9. The molecular weight excluding hydrogens is 302 g/mol. The first-order valence-electron chi connectivity index (χ1n) is 7.89. The van der Waals surface area contributed by atoms with Crippen molar-refractivity contribution in [3.05, 3.63) is 18.2 Å². The first-order chi connectivity index (χ1) is 10.5. The monoisotopic (exact) mass is 325 g/mol. The normalized spacial score (nSPS) is 28.4. The lowest BCUT2D eigenvalue weighted by Crippen LogP contribution is -2.43. The third-order valence-electron chi connectivity index (χ3n) is 4.84. The Hall–Kier alpha value is -1.27. The molecule has 3 atom stereocenters. The predicted octanol–water partition coefficient (Wildman–Crippen LogP) is 2.56. The van der Waals surface area contributed by atoms with Crippen LogP contribution in [0.3, 0.4) is 0 Å². The summed E-state index contributed by atoms with van der Waals surface area (Å²) >= 11 is 0. The maximum absolute atomic E-state index is 12.6. The van der Waals surface area contributed by atoms with Crippen LogP contribution in [0.15, 0.2) is 23.1 Å². The van der Waals surface area contributed by atoms with Gasteiger partial charge < -0.3 is 9.47 Å². The highest BCUT2D eigenvalue weighted by molar-refractivity contribution is 7.89. The summed E-state index contributed by atoms with van der Waals surface area (Å²) in [7, 11) is -3.54. The summed E-state index contributed by atoms with van der Waals surface area (Å²) in [5, 5.41) is 0. The topological polar surface area (TPSA) is 64.6 Å². The highest BCUT2D eigenvalue weighted by atomic mass is 32.2. The van der Waals surface area contributed by atoms with Crippen molar-refractivity contribution in [2.24, 2.45) is 11.8 Å². The van der Waals surface area contributed by atoms with E-state index in [1.54, 1.807) is 18.2 Å². The maximum Gasteiger partial charge on any atom is 0.240 e. The molecular formula is C16H23NO4S. The summed E-state index contributed by atoms with van der Waals surface area (Å²) in [5.41, 5.74) is 0. The number of hydrogen-bond donors (Lipinski definition) is 1. The van der Waals surface area contributed by atoms with Crippen LogP contribution in [0, 0.1) is 11.8 Å². The molecule has 1 aromatic rings. The van der Waals surface area contributed by atoms with Gasteiger partial charge in [0.15, 0.2) is 11.5 Å². The van der Waals surface area contributed by atoms with Crippen LogP contribution in [0.25, 0.3) is 0 Å². The van der Waals surface area contributed by atoms with Crippen molar-refractivity contribution >= 4 is 10.0 Å². The second kappa shape index (κ2) is 6.08. The fraction of sp³-hybridized carbons (Fsp3) is 0.625. The number of fused-ring (bicyclic) bond motifs is 1. The number of rotatable bonds is 3. The SMILES string of the molecule is C[C@H]1[C@@H](C)CCC[C@H]1NS(=O)(=O)c1ccc2c(c1)OCCO2. The smallest absolute Gasteiger partial charge is 0.240 e. The molecule has 0 saturated heterocycles. The first kappa shape index (κ1) is 15.6. The number of nitrogens with one attached hydrogen (secondary N) is 1. The number of ether oxygens (including phenoxy) is 2. The van der Waals surface area contributed by atoms with Gasteiger partial charge in [0.25, 0.3) is 0 Å². The second-order valence-corrected chi connectivity index (χ2v) is 8.01. The Morgan fingerprint density at radius 2 is 1.82 bits per heavy atom. The zero-order chi connectivity index (χ0) is 15.7. The van der Waals surface area contributed by atoms with E-state index in [2.05, 4.69) is 18.6 Å². The summed E-state index contributed by atoms with van der Waals surface area (Å²) < 4.78 is 39.0. The van der Waals surface area contributed by atoms with E-state index in [9.17, 15) is 8.42 Å². The molecule has 1 aromatic carbocycles. The Morgan fingerprint density at radius 3 is 2.59 bits per heavy atom. The van der Waals surface area contributed by atoms with Gasteiger partial charge in [-0.1, -0.05) is 26.7 Å². The largest absolute Gasteiger partial charge is 0.486 e. The minimum atomic E-state index is -3.54. The van der Waals surface area contributed by atoms with Crippen LogP contribution in [0.2, 0.25) is 0 Å². The lowest BCUT2D eigenvalue weighted by atomic mass is 9.78. The molecule has 122 valence electrons. The standard InChI is InChI=1S/C16H23NO4S/c1-11-4-3-5-14(12(11)2)17-22(18,19)13-6-7-15-16(10-13)21-9-8-20-15/h6-7,10-12,14,17H,3-5,8-9H2,1-2H3/t11-,12-,14+/m0/s1. The van der Waals surface area contributed by atoms with Gasteiger partial charge in [0.1, 0.15) is 13.2 Å². The van der Waals surface area contributed by atoms with E-state index in [-0.39, 0.29) is 10.9 Å². The van der Waals surface area contributed by atoms with Crippen molar-refractivity contribution in [2.75, 3.05) is 13.2 Å². The van der Waals surface area contributed by atoms with Crippen molar-refractivity contribution in [2.45, 2.75) is 44.0 Å². The molecule has 5 nitrogen and oxygen atoms in total. The molecule has 1 aliphatic carbocycles. The average molecular weight is 325 g/mol. The average Bonchev–Trinajstić information content (AvgIpc) is 2.51. The molecule has 0 spiro atoms. The van der Waals surface area contributed by atoms with Crippen LogP contribution in [0.4, 0.5) is 0 Å². The van der Waals surface area contributed by atoms with Gasteiger partial charge in [-0.3, -0.25) is 0 Å². The van der Waals surface area contributed by atoms with Crippen molar-refractivity contribution < 1.29 is 17.9 Å². The molecule has 1 fully saturated rings. The second-order valence-electron chi connectivity index (χ2n) is 6.30. The van der Waals surface area contributed by atoms with Gasteiger partial charge in [0.05, 0.1) is 4.90 Å². The van der Waals surface area contributed by atoms with E-state index in [4.69, 9.17) is 9.47 Å². The maximum atomic E-state index is 12.6. The fourth-order valence-corrected chi connectivity index (χ4v) is 4.58. The van der Waals surface area contributed by atoms with Gasteiger partial charge in [-0.05, 0) is 30.4 Å². The van der Waals surface area contributed by atoms with E-state index >= 15 is 0 Å². The molecule has 1 aliphatic heterocycles. The quantitative estimate of drug-likeness (QED) is 0.927. The summed E-state index contributed by atoms with van der Waals surface area (Å²) in [4.78, 5) is 0.238. The van der Waals surface area contributed by atoms with E-state index in [0.717, 1.165) is 12.8 Å². The van der Waals surface area contributed by atoms with Crippen molar-refractivity contribution in [1.29, 1.82) is 0 Å². The van der Waals surface area contributed by atoms with Gasteiger partial charge >= 0.3 is 0 Å². The molecule has 1 saturated carbocycles. The molecule has 1 heterocycles. The Morgan fingerprint density at radius 1 is 1.09 bits per heavy atom. The number of benzene rings is 1. The Labute approximate surface area is 132 Å². The van der Waals surface area contributed by atoms with Crippen molar-refractivity contribution in [3.8, 4) is 11.5 Å². The van der Waals surface area contributed by atoms with Crippen LogP contribution >= 0.6 is 0 Å². The van der Waals surface area contributed by atoms with Crippen LogP contribution < -0.4 is 14.2 Å². The van der Waals surface area contributed by atoms with Crippen LogP contribution in [-0.2, 0) is 10.0 Å². The van der Waals surface area contributed by atoms with Gasteiger partial charge in [0, 0.05) is 12.1 Å². The molecule has 22 heavy (non-hydrogen) atoms. The lowest BCUT2D eigenvalue weighted by molar-refractivity contribution is 0.171. The summed E-state index contributed by atoms with van der Waals surface area (Å²) in [6.07, 6.45) is 3.14. The molecule has 3 rings (SSSR count). The van der Waals surface area contributed by atoms with Crippen LogP contribution in [0.1, 0.15) is 33.1 Å². The van der Waals surface area contributed by atoms with E-state index in [0.29, 0.717) is 36.5 Å². The highest BCUT2D eigenvalue weighted by Gasteiger charge is 2.31. The first-order valence-corrected chi connectivity index (χ1v) is 9.37. The Balaban J connectivity index is 1.80. The molecule has 0 amide bonds. The minimum absolute atomic E-state index is 0.00181. The molecule has 0 unspecified atom stereocenters. The van der Waals surface area contributed by atoms with Crippen molar-refractivity contribution in [3.63, 3.8) is 0 Å². The predicted molar refractivity (Wildman–Crippen MR) is 83.7 cm³/mol. The van der Waals surface area contributed by atoms with Gasteiger partial charge in [-0.15, -0.1) is 0 Å².